The number of hydrogen-bond acceptors (Lipinski definition) is 6. The number of nitrogens with one attached hydrogen (secondary N) is 1. The van der Waals surface area contributed by atoms with Crippen molar-refractivity contribution in [2.75, 3.05) is 26.3 Å². The maximum atomic E-state index is 11.9. The molecule has 8 heteroatoms. The van der Waals surface area contributed by atoms with Crippen molar-refractivity contribution in [2.45, 2.75) is 38.5 Å². The number of urea groups is 1. The van der Waals surface area contributed by atoms with E-state index in [2.05, 4.69) is 15.5 Å². The van der Waals surface area contributed by atoms with Crippen LogP contribution in [0.3, 0.4) is 0 Å². The van der Waals surface area contributed by atoms with Gasteiger partial charge in [-0.15, -0.1) is 0 Å². The Balaban J connectivity index is 1.34. The Kier molecular flexibility index (Phi) is 4.35. The summed E-state index contributed by atoms with van der Waals surface area (Å²) in [6.07, 6.45) is 1.66. The summed E-state index contributed by atoms with van der Waals surface area (Å²) in [5.74, 6) is 1.17. The molecule has 3 rings (SSSR count). The summed E-state index contributed by atoms with van der Waals surface area (Å²) in [6.45, 7) is 4.77. The summed E-state index contributed by atoms with van der Waals surface area (Å²) < 4.78 is 15.9. The fraction of sp³-hybridized carbons (Fsp3) is 0.769. The molecule has 116 valence electrons. The maximum Gasteiger partial charge on any atom is 0.317 e. The highest BCUT2D eigenvalue weighted by Crippen LogP contribution is 2.14. The zero-order valence-corrected chi connectivity index (χ0v) is 12.1. The average molecular weight is 296 g/mol. The molecule has 0 saturated carbocycles. The van der Waals surface area contributed by atoms with Gasteiger partial charge in [0.25, 0.3) is 5.89 Å². The first-order valence-corrected chi connectivity index (χ1v) is 7.31. The quantitative estimate of drug-likeness (QED) is 0.842. The van der Waals surface area contributed by atoms with Crippen molar-refractivity contribution in [2.24, 2.45) is 0 Å². The minimum atomic E-state index is -0.0450. The van der Waals surface area contributed by atoms with Crippen LogP contribution in [0, 0.1) is 0 Å². The topological polar surface area (TPSA) is 89.7 Å². The molecule has 2 saturated heterocycles. The van der Waals surface area contributed by atoms with E-state index in [1.165, 1.54) is 0 Å². The van der Waals surface area contributed by atoms with Crippen molar-refractivity contribution in [3.8, 4) is 0 Å². The molecule has 0 bridgehead atoms. The number of aromatic nitrogens is 2. The van der Waals surface area contributed by atoms with E-state index in [0.717, 1.165) is 19.4 Å². The second-order valence-electron chi connectivity index (χ2n) is 5.31. The van der Waals surface area contributed by atoms with E-state index in [0.29, 0.717) is 38.0 Å². The number of ether oxygens (including phenoxy) is 2. The van der Waals surface area contributed by atoms with Crippen molar-refractivity contribution in [1.29, 1.82) is 0 Å². The average Bonchev–Trinajstić information content (AvgIpc) is 3.08. The van der Waals surface area contributed by atoms with Crippen LogP contribution in [-0.4, -0.2) is 59.5 Å². The first-order valence-electron chi connectivity index (χ1n) is 7.31. The van der Waals surface area contributed by atoms with Gasteiger partial charge in [-0.25, -0.2) is 4.79 Å². The fourth-order valence-electron chi connectivity index (χ4n) is 2.31. The van der Waals surface area contributed by atoms with Crippen LogP contribution in [0.1, 0.15) is 25.1 Å². The molecule has 2 fully saturated rings. The van der Waals surface area contributed by atoms with Crippen molar-refractivity contribution >= 4 is 6.03 Å². The summed E-state index contributed by atoms with van der Waals surface area (Å²) in [5, 5.41) is 6.76. The van der Waals surface area contributed by atoms with Gasteiger partial charge in [0.1, 0.15) is 6.61 Å². The van der Waals surface area contributed by atoms with Gasteiger partial charge in [0.05, 0.1) is 31.8 Å². The fourth-order valence-corrected chi connectivity index (χ4v) is 2.31. The first-order chi connectivity index (χ1) is 10.2. The Bertz CT molecular complexity index is 480. The van der Waals surface area contributed by atoms with Gasteiger partial charge < -0.3 is 24.2 Å². The number of hydrogen-bond donors (Lipinski definition) is 1. The van der Waals surface area contributed by atoms with Crippen LogP contribution in [-0.2, 0) is 22.5 Å². The molecule has 2 amide bonds. The van der Waals surface area contributed by atoms with Gasteiger partial charge in [0.15, 0.2) is 5.82 Å². The summed E-state index contributed by atoms with van der Waals surface area (Å²) in [6, 6.07) is 0.0970. The zero-order valence-electron chi connectivity index (χ0n) is 12.1. The van der Waals surface area contributed by atoms with E-state index >= 15 is 0 Å². The van der Waals surface area contributed by atoms with Gasteiger partial charge in [0, 0.05) is 13.0 Å². The lowest BCUT2D eigenvalue weighted by molar-refractivity contribution is -0.0519. The molecule has 1 aromatic heterocycles. The van der Waals surface area contributed by atoms with Crippen LogP contribution in [0.2, 0.25) is 0 Å². The highest BCUT2D eigenvalue weighted by Gasteiger charge is 2.33. The van der Waals surface area contributed by atoms with Gasteiger partial charge in [-0.3, -0.25) is 0 Å². The van der Waals surface area contributed by atoms with Gasteiger partial charge >= 0.3 is 6.03 Å². The third-order valence-electron chi connectivity index (χ3n) is 3.66. The highest BCUT2D eigenvalue weighted by atomic mass is 16.5. The summed E-state index contributed by atoms with van der Waals surface area (Å²) >= 11 is 0. The molecule has 0 unspecified atom stereocenters. The Labute approximate surface area is 122 Å². The second-order valence-corrected chi connectivity index (χ2v) is 5.31. The van der Waals surface area contributed by atoms with Crippen molar-refractivity contribution < 1.29 is 18.8 Å². The van der Waals surface area contributed by atoms with E-state index in [9.17, 15) is 4.79 Å². The Morgan fingerprint density at radius 1 is 1.52 bits per heavy atom. The SMILES string of the molecule is CCc1noc(COC2CN(C(=O)N[C@@H]3CCOC3)C2)n1. The molecule has 1 N–H and O–H groups in total. The molecule has 8 nitrogen and oxygen atoms in total. The molecule has 2 aliphatic rings. The minimum Gasteiger partial charge on any atom is -0.379 e. The standard InChI is InChI=1S/C13H20N4O4/c1-2-11-15-12(21-16-11)8-20-10-5-17(6-10)13(18)14-9-3-4-19-7-9/h9-10H,2-8H2,1H3,(H,14,18)/t9-/m1/s1. The molecular weight excluding hydrogens is 276 g/mol. The Morgan fingerprint density at radius 3 is 3.05 bits per heavy atom. The van der Waals surface area contributed by atoms with Gasteiger partial charge in [0.2, 0.25) is 0 Å². The van der Waals surface area contributed by atoms with Crippen LogP contribution in [0.5, 0.6) is 0 Å². The molecule has 1 aromatic rings. The molecule has 1 atom stereocenters. The molecule has 3 heterocycles. The van der Waals surface area contributed by atoms with E-state index in [1.54, 1.807) is 4.90 Å². The van der Waals surface area contributed by atoms with Crippen LogP contribution < -0.4 is 5.32 Å². The van der Waals surface area contributed by atoms with Crippen molar-refractivity contribution in [3.05, 3.63) is 11.7 Å². The highest BCUT2D eigenvalue weighted by molar-refractivity contribution is 5.75. The van der Waals surface area contributed by atoms with Crippen LogP contribution in [0.4, 0.5) is 4.79 Å². The largest absolute Gasteiger partial charge is 0.379 e. The molecule has 21 heavy (non-hydrogen) atoms. The zero-order chi connectivity index (χ0) is 14.7. The Morgan fingerprint density at radius 2 is 2.38 bits per heavy atom. The molecule has 0 radical (unpaired) electrons. The second kappa shape index (κ2) is 6.40. The third kappa shape index (κ3) is 3.51. The normalized spacial score (nSPS) is 22.3. The van der Waals surface area contributed by atoms with Crippen LogP contribution in [0.25, 0.3) is 0 Å². The number of nitrogens with zero attached hydrogens (tertiary/aromatic N) is 3. The number of aryl methyl sites for hydroxylation is 1. The summed E-state index contributed by atoms with van der Waals surface area (Å²) in [5.41, 5.74) is 0. The number of likely N-dealkylation sites (tertiary alicyclic amines) is 1. The lowest BCUT2D eigenvalue weighted by Gasteiger charge is -2.38. The number of carbonyl (C=O) groups is 1. The van der Waals surface area contributed by atoms with Crippen LogP contribution in [0.15, 0.2) is 4.52 Å². The van der Waals surface area contributed by atoms with Crippen LogP contribution >= 0.6 is 0 Å². The first kappa shape index (κ1) is 14.3. The van der Waals surface area contributed by atoms with E-state index in [4.69, 9.17) is 14.0 Å². The molecule has 0 aliphatic carbocycles. The predicted molar refractivity (Wildman–Crippen MR) is 71.6 cm³/mol. The molecule has 2 aliphatic heterocycles. The number of rotatable bonds is 5. The van der Waals surface area contributed by atoms with Gasteiger partial charge in [-0.1, -0.05) is 12.1 Å². The van der Waals surface area contributed by atoms with E-state index in [1.807, 2.05) is 6.92 Å². The van der Waals surface area contributed by atoms with E-state index < -0.39 is 0 Å². The summed E-state index contributed by atoms with van der Waals surface area (Å²) in [7, 11) is 0. The van der Waals surface area contributed by atoms with Crippen molar-refractivity contribution in [1.82, 2.24) is 20.4 Å². The van der Waals surface area contributed by atoms with Crippen molar-refractivity contribution in [3.63, 3.8) is 0 Å². The molecule has 0 spiro atoms. The lowest BCUT2D eigenvalue weighted by atomic mass is 10.2. The predicted octanol–water partition coefficient (Wildman–Crippen LogP) is 0.331. The van der Waals surface area contributed by atoms with Gasteiger partial charge in [-0.05, 0) is 6.42 Å². The lowest BCUT2D eigenvalue weighted by Crippen LogP contribution is -2.59. The number of amides is 2. The smallest absolute Gasteiger partial charge is 0.317 e. The third-order valence-corrected chi connectivity index (χ3v) is 3.66. The Hall–Kier alpha value is -1.67. The maximum absolute atomic E-state index is 11.9. The monoisotopic (exact) mass is 296 g/mol. The van der Waals surface area contributed by atoms with E-state index in [-0.39, 0.29) is 18.2 Å². The minimum absolute atomic E-state index is 0.0348. The number of carbonyl (C=O) groups excluding carboxylic acids is 1. The molecule has 0 aromatic carbocycles. The summed E-state index contributed by atoms with van der Waals surface area (Å²) in [4.78, 5) is 17.8. The van der Waals surface area contributed by atoms with Gasteiger partial charge in [-0.2, -0.15) is 4.98 Å². The molecular formula is C13H20N4O4.